The van der Waals surface area contributed by atoms with Crippen LogP contribution in [0.3, 0.4) is 0 Å². The van der Waals surface area contributed by atoms with Crippen molar-refractivity contribution in [3.63, 3.8) is 0 Å². The number of methoxy groups -OCH3 is 1. The minimum atomic E-state index is 0.192. The highest BCUT2D eigenvalue weighted by Crippen LogP contribution is 2.30. The second-order valence-electron chi connectivity index (χ2n) is 4.41. The summed E-state index contributed by atoms with van der Waals surface area (Å²) in [6.07, 6.45) is 0.606. The predicted molar refractivity (Wildman–Crippen MR) is 72.0 cm³/mol. The first-order valence-electron chi connectivity index (χ1n) is 5.71. The molecule has 0 aromatic heterocycles. The number of aryl methyl sites for hydroxylation is 1. The fourth-order valence-electron chi connectivity index (χ4n) is 2.19. The second kappa shape index (κ2) is 5.00. The third-order valence-corrected chi connectivity index (χ3v) is 3.67. The normalized spacial score (nSPS) is 19.8. The van der Waals surface area contributed by atoms with Crippen molar-refractivity contribution in [3.05, 3.63) is 23.8 Å². The number of thiol groups is 1. The summed E-state index contributed by atoms with van der Waals surface area (Å²) in [6, 6.07) is 5.80. The molecule has 1 saturated heterocycles. The average Bonchev–Trinajstić information content (AvgIpc) is 2.70. The van der Waals surface area contributed by atoms with Crippen molar-refractivity contribution < 1.29 is 9.53 Å². The molecule has 1 aromatic rings. The van der Waals surface area contributed by atoms with Crippen LogP contribution in [0.15, 0.2) is 18.2 Å². The van der Waals surface area contributed by atoms with Gasteiger partial charge in [0.2, 0.25) is 5.91 Å². The molecule has 1 aliphatic rings. The van der Waals surface area contributed by atoms with Crippen molar-refractivity contribution in [1.29, 1.82) is 0 Å². The molecule has 1 atom stereocenters. The maximum atomic E-state index is 11.9. The number of hydrogen-bond donors (Lipinski definition) is 1. The zero-order chi connectivity index (χ0) is 12.4. The Bertz CT molecular complexity index is 433. The molecular formula is C13H17NO2S. The van der Waals surface area contributed by atoms with Crippen LogP contribution in [0, 0.1) is 12.8 Å². The van der Waals surface area contributed by atoms with Gasteiger partial charge in [-0.1, -0.05) is 0 Å². The third kappa shape index (κ3) is 2.41. The molecule has 0 aliphatic carbocycles. The summed E-state index contributed by atoms with van der Waals surface area (Å²) in [5.41, 5.74) is 2.05. The summed E-state index contributed by atoms with van der Waals surface area (Å²) < 4.78 is 5.17. The maximum absolute atomic E-state index is 11.9. The van der Waals surface area contributed by atoms with Gasteiger partial charge in [-0.25, -0.2) is 0 Å². The molecule has 1 aromatic carbocycles. The summed E-state index contributed by atoms with van der Waals surface area (Å²) in [6.45, 7) is 2.77. The van der Waals surface area contributed by atoms with Gasteiger partial charge in [-0.2, -0.15) is 12.6 Å². The molecule has 0 spiro atoms. The van der Waals surface area contributed by atoms with E-state index in [1.807, 2.05) is 30.0 Å². The summed E-state index contributed by atoms with van der Waals surface area (Å²) in [5, 5.41) is 0. The van der Waals surface area contributed by atoms with Crippen molar-refractivity contribution in [2.75, 3.05) is 24.3 Å². The highest BCUT2D eigenvalue weighted by Gasteiger charge is 2.30. The standard InChI is InChI=1S/C13H17NO2S/c1-9-5-11(16-2)3-4-12(9)14-7-10(8-17)6-13(14)15/h3-5,10,17H,6-8H2,1-2H3. The number of amides is 1. The van der Waals surface area contributed by atoms with Gasteiger partial charge in [-0.15, -0.1) is 0 Å². The Kier molecular flexibility index (Phi) is 3.62. The van der Waals surface area contributed by atoms with Crippen LogP contribution in [0.4, 0.5) is 5.69 Å². The SMILES string of the molecule is COc1ccc(N2CC(CS)CC2=O)c(C)c1. The largest absolute Gasteiger partial charge is 0.497 e. The zero-order valence-electron chi connectivity index (χ0n) is 10.1. The van der Waals surface area contributed by atoms with E-state index in [-0.39, 0.29) is 5.91 Å². The second-order valence-corrected chi connectivity index (χ2v) is 4.77. The number of nitrogens with zero attached hydrogens (tertiary/aromatic N) is 1. The Balaban J connectivity index is 2.26. The van der Waals surface area contributed by atoms with Crippen molar-refractivity contribution >= 4 is 24.2 Å². The van der Waals surface area contributed by atoms with E-state index >= 15 is 0 Å². The lowest BCUT2D eigenvalue weighted by Gasteiger charge is -2.19. The molecule has 0 saturated carbocycles. The predicted octanol–water partition coefficient (Wildman–Crippen LogP) is 2.29. The summed E-state index contributed by atoms with van der Waals surface area (Å²) in [4.78, 5) is 13.8. The van der Waals surface area contributed by atoms with Crippen LogP contribution in [-0.2, 0) is 4.79 Å². The highest BCUT2D eigenvalue weighted by atomic mass is 32.1. The maximum Gasteiger partial charge on any atom is 0.227 e. The quantitative estimate of drug-likeness (QED) is 0.835. The first kappa shape index (κ1) is 12.3. The monoisotopic (exact) mass is 251 g/mol. The van der Waals surface area contributed by atoms with E-state index < -0.39 is 0 Å². The number of ether oxygens (including phenoxy) is 1. The summed E-state index contributed by atoms with van der Waals surface area (Å²) >= 11 is 4.27. The van der Waals surface area contributed by atoms with E-state index in [1.54, 1.807) is 7.11 Å². The molecule has 17 heavy (non-hydrogen) atoms. The number of carbonyl (C=O) groups excluding carboxylic acids is 1. The van der Waals surface area contributed by atoms with E-state index in [0.29, 0.717) is 12.3 Å². The highest BCUT2D eigenvalue weighted by molar-refractivity contribution is 7.80. The van der Waals surface area contributed by atoms with Crippen molar-refractivity contribution in [3.8, 4) is 5.75 Å². The Morgan fingerprint density at radius 3 is 2.82 bits per heavy atom. The van der Waals surface area contributed by atoms with Crippen LogP contribution in [-0.4, -0.2) is 25.3 Å². The van der Waals surface area contributed by atoms with Gasteiger partial charge in [0.1, 0.15) is 5.75 Å². The Morgan fingerprint density at radius 1 is 1.53 bits per heavy atom. The molecule has 1 fully saturated rings. The Morgan fingerprint density at radius 2 is 2.29 bits per heavy atom. The minimum absolute atomic E-state index is 0.192. The number of hydrogen-bond acceptors (Lipinski definition) is 3. The van der Waals surface area contributed by atoms with Crippen LogP contribution >= 0.6 is 12.6 Å². The van der Waals surface area contributed by atoms with E-state index in [9.17, 15) is 4.79 Å². The van der Waals surface area contributed by atoms with Crippen molar-refractivity contribution in [2.45, 2.75) is 13.3 Å². The van der Waals surface area contributed by atoms with Crippen molar-refractivity contribution in [2.24, 2.45) is 5.92 Å². The van der Waals surface area contributed by atoms with E-state index in [4.69, 9.17) is 4.74 Å². The van der Waals surface area contributed by atoms with Gasteiger partial charge in [0.05, 0.1) is 7.11 Å². The van der Waals surface area contributed by atoms with Gasteiger partial charge in [-0.05, 0) is 42.4 Å². The third-order valence-electron chi connectivity index (χ3n) is 3.16. The van der Waals surface area contributed by atoms with Crippen LogP contribution in [0.2, 0.25) is 0 Å². The molecule has 3 nitrogen and oxygen atoms in total. The minimum Gasteiger partial charge on any atom is -0.497 e. The summed E-state index contributed by atoms with van der Waals surface area (Å²) in [7, 11) is 1.65. The molecule has 0 radical (unpaired) electrons. The first-order valence-corrected chi connectivity index (χ1v) is 6.34. The van der Waals surface area contributed by atoms with Crippen molar-refractivity contribution in [1.82, 2.24) is 0 Å². The number of anilines is 1. The number of carbonyl (C=O) groups is 1. The Hall–Kier alpha value is -1.16. The Labute approximate surface area is 107 Å². The number of benzene rings is 1. The van der Waals surface area contributed by atoms with E-state index in [2.05, 4.69) is 12.6 Å². The van der Waals surface area contributed by atoms with Gasteiger partial charge in [0, 0.05) is 18.7 Å². The molecule has 92 valence electrons. The van der Waals surface area contributed by atoms with Gasteiger partial charge in [0.25, 0.3) is 0 Å². The van der Waals surface area contributed by atoms with Crippen LogP contribution in [0.25, 0.3) is 0 Å². The molecule has 1 amide bonds. The molecule has 4 heteroatoms. The first-order chi connectivity index (χ1) is 8.15. The smallest absolute Gasteiger partial charge is 0.227 e. The lowest BCUT2D eigenvalue weighted by molar-refractivity contribution is -0.117. The fourth-order valence-corrected chi connectivity index (χ4v) is 2.44. The summed E-state index contributed by atoms with van der Waals surface area (Å²) in [5.74, 6) is 2.14. The van der Waals surface area contributed by atoms with Crippen LogP contribution in [0.1, 0.15) is 12.0 Å². The lowest BCUT2D eigenvalue weighted by Crippen LogP contribution is -2.25. The van der Waals surface area contributed by atoms with E-state index in [1.165, 1.54) is 0 Å². The molecule has 1 heterocycles. The fraction of sp³-hybridized carbons (Fsp3) is 0.462. The van der Waals surface area contributed by atoms with Gasteiger partial charge in [-0.3, -0.25) is 4.79 Å². The molecule has 1 aliphatic heterocycles. The zero-order valence-corrected chi connectivity index (χ0v) is 11.0. The van der Waals surface area contributed by atoms with Gasteiger partial charge < -0.3 is 9.64 Å². The van der Waals surface area contributed by atoms with Gasteiger partial charge >= 0.3 is 0 Å². The molecular weight excluding hydrogens is 234 g/mol. The van der Waals surface area contributed by atoms with Crippen LogP contribution < -0.4 is 9.64 Å². The topological polar surface area (TPSA) is 29.5 Å². The molecule has 1 unspecified atom stereocenters. The molecule has 2 rings (SSSR count). The number of rotatable bonds is 3. The van der Waals surface area contributed by atoms with E-state index in [0.717, 1.165) is 29.3 Å². The molecule has 0 N–H and O–H groups in total. The molecule has 0 bridgehead atoms. The lowest BCUT2D eigenvalue weighted by atomic mass is 10.1. The van der Waals surface area contributed by atoms with Gasteiger partial charge in [0.15, 0.2) is 0 Å². The average molecular weight is 251 g/mol. The van der Waals surface area contributed by atoms with Crippen LogP contribution in [0.5, 0.6) is 5.75 Å².